The topological polar surface area (TPSA) is 61.2 Å². The molecule has 0 amide bonds. The molecule has 2 heterocycles. The number of carbonyl (C=O) groups excluding carboxylic acids is 1. The summed E-state index contributed by atoms with van der Waals surface area (Å²) in [6.45, 7) is 3.60. The molecule has 136 valence electrons. The third-order valence-corrected chi connectivity index (χ3v) is 4.55. The molecule has 0 unspecified atom stereocenters. The molecule has 1 aliphatic rings. The number of pyridine rings is 2. The Kier molecular flexibility index (Phi) is 4.32. The van der Waals surface area contributed by atoms with E-state index in [4.69, 9.17) is 4.74 Å². The first kappa shape index (κ1) is 17.1. The van der Waals surface area contributed by atoms with Crippen LogP contribution in [-0.2, 0) is 11.3 Å². The Morgan fingerprint density at radius 1 is 1.33 bits per heavy atom. The van der Waals surface area contributed by atoms with Crippen molar-refractivity contribution in [2.24, 2.45) is 0 Å². The number of aromatic nitrogens is 2. The molecule has 0 atom stereocenters. The summed E-state index contributed by atoms with van der Waals surface area (Å²) in [7, 11) is 0. The first-order valence-electron chi connectivity index (χ1n) is 8.67. The van der Waals surface area contributed by atoms with Gasteiger partial charge < -0.3 is 9.30 Å². The van der Waals surface area contributed by atoms with Crippen molar-refractivity contribution in [3.63, 3.8) is 0 Å². The lowest BCUT2D eigenvalue weighted by molar-refractivity contribution is 0.0470. The number of rotatable bonds is 5. The quantitative estimate of drug-likeness (QED) is 0.645. The van der Waals surface area contributed by atoms with Crippen molar-refractivity contribution in [2.45, 2.75) is 25.5 Å². The van der Waals surface area contributed by atoms with E-state index in [0.29, 0.717) is 5.65 Å². The molecule has 27 heavy (non-hydrogen) atoms. The lowest BCUT2D eigenvalue weighted by Gasteiger charge is -2.13. The van der Waals surface area contributed by atoms with Crippen LogP contribution in [0.3, 0.4) is 0 Å². The zero-order valence-electron chi connectivity index (χ0n) is 14.5. The molecule has 1 aromatic carbocycles. The summed E-state index contributed by atoms with van der Waals surface area (Å²) in [5.41, 5.74) is 0.562. The number of esters is 1. The van der Waals surface area contributed by atoms with Crippen LogP contribution in [0.15, 0.2) is 54.0 Å². The van der Waals surface area contributed by atoms with Gasteiger partial charge in [-0.1, -0.05) is 36.9 Å². The van der Waals surface area contributed by atoms with Crippen LogP contribution in [0.5, 0.6) is 0 Å². The Balaban J connectivity index is 1.76. The average Bonchev–Trinajstić information content (AvgIpc) is 3.52. The molecule has 4 rings (SSSR count). The van der Waals surface area contributed by atoms with Crippen molar-refractivity contribution < 1.29 is 13.9 Å². The molecule has 0 spiro atoms. The van der Waals surface area contributed by atoms with Gasteiger partial charge in [0.15, 0.2) is 0 Å². The third kappa shape index (κ3) is 3.26. The molecular weight excluding hydrogens is 347 g/mol. The van der Waals surface area contributed by atoms with Crippen molar-refractivity contribution in [3.8, 4) is 0 Å². The van der Waals surface area contributed by atoms with E-state index in [2.05, 4.69) is 11.6 Å². The van der Waals surface area contributed by atoms with E-state index < -0.39 is 17.2 Å². The van der Waals surface area contributed by atoms with Gasteiger partial charge >= 0.3 is 5.97 Å². The fourth-order valence-electron chi connectivity index (χ4n) is 2.98. The predicted octanol–water partition coefficient (Wildman–Crippen LogP) is 3.87. The number of benzene rings is 1. The highest BCUT2D eigenvalue weighted by Crippen LogP contribution is 2.36. The van der Waals surface area contributed by atoms with Gasteiger partial charge in [0.25, 0.3) is 0 Å². The van der Waals surface area contributed by atoms with Crippen LogP contribution in [0.2, 0.25) is 0 Å². The largest absolute Gasteiger partial charge is 0.457 e. The van der Waals surface area contributed by atoms with Gasteiger partial charge in [-0.3, -0.25) is 4.79 Å². The minimum atomic E-state index is -0.728. The van der Waals surface area contributed by atoms with Crippen LogP contribution in [0, 0.1) is 5.82 Å². The molecule has 0 saturated heterocycles. The molecule has 6 heteroatoms. The summed E-state index contributed by atoms with van der Waals surface area (Å²) in [4.78, 5) is 29.5. The van der Waals surface area contributed by atoms with Gasteiger partial charge in [0.05, 0.1) is 5.39 Å². The van der Waals surface area contributed by atoms with Crippen LogP contribution < -0.4 is 5.43 Å². The number of hydrogen-bond donors (Lipinski definition) is 0. The van der Waals surface area contributed by atoms with E-state index >= 15 is 0 Å². The molecule has 1 fully saturated rings. The molecule has 0 bridgehead atoms. The Morgan fingerprint density at radius 2 is 2.07 bits per heavy atom. The summed E-state index contributed by atoms with van der Waals surface area (Å²) in [5, 5.41) is 0.0687. The summed E-state index contributed by atoms with van der Waals surface area (Å²) >= 11 is 0. The van der Waals surface area contributed by atoms with E-state index in [1.807, 2.05) is 30.3 Å². The lowest BCUT2D eigenvalue weighted by Crippen LogP contribution is -2.21. The zero-order valence-corrected chi connectivity index (χ0v) is 14.5. The molecule has 1 saturated carbocycles. The van der Waals surface area contributed by atoms with Crippen LogP contribution in [0.4, 0.5) is 4.39 Å². The first-order chi connectivity index (χ1) is 13.1. The van der Waals surface area contributed by atoms with E-state index in [9.17, 15) is 14.0 Å². The smallest absolute Gasteiger partial charge is 0.344 e. The van der Waals surface area contributed by atoms with Crippen LogP contribution in [-0.4, -0.2) is 15.5 Å². The Hall–Kier alpha value is -3.28. The molecular formula is C21H17FN2O3. The van der Waals surface area contributed by atoms with Gasteiger partial charge in [0.2, 0.25) is 5.43 Å². The molecule has 0 N–H and O–H groups in total. The Bertz CT molecular complexity index is 1100. The minimum absolute atomic E-state index is 0.0581. The summed E-state index contributed by atoms with van der Waals surface area (Å²) in [6, 6.07) is 10.5. The van der Waals surface area contributed by atoms with Gasteiger partial charge in [-0.15, -0.1) is 0 Å². The summed E-state index contributed by atoms with van der Waals surface area (Å²) < 4.78 is 21.2. The molecule has 1 aliphatic carbocycles. The predicted molar refractivity (Wildman–Crippen MR) is 99.9 cm³/mol. The fraction of sp³-hybridized carbons (Fsp3) is 0.190. The summed E-state index contributed by atoms with van der Waals surface area (Å²) in [5.74, 6) is -1.37. The number of halogens is 1. The number of ether oxygens (including phenoxy) is 1. The van der Waals surface area contributed by atoms with Crippen LogP contribution in [0.1, 0.15) is 40.5 Å². The fourth-order valence-corrected chi connectivity index (χ4v) is 2.98. The highest BCUT2D eigenvalue weighted by Gasteiger charge is 2.28. The lowest BCUT2D eigenvalue weighted by atomic mass is 10.1. The van der Waals surface area contributed by atoms with E-state index in [0.717, 1.165) is 24.5 Å². The van der Waals surface area contributed by atoms with Gasteiger partial charge in [-0.2, -0.15) is 0 Å². The van der Waals surface area contributed by atoms with Crippen molar-refractivity contribution in [3.05, 3.63) is 82.0 Å². The van der Waals surface area contributed by atoms with Crippen molar-refractivity contribution in [1.82, 2.24) is 9.55 Å². The minimum Gasteiger partial charge on any atom is -0.457 e. The maximum absolute atomic E-state index is 14.2. The maximum Gasteiger partial charge on any atom is 0.344 e. The first-order valence-corrected chi connectivity index (χ1v) is 8.67. The average molecular weight is 364 g/mol. The van der Waals surface area contributed by atoms with Gasteiger partial charge in [-0.25, -0.2) is 14.2 Å². The van der Waals surface area contributed by atoms with Gasteiger partial charge in [-0.05, 0) is 30.5 Å². The molecule has 3 aromatic rings. The number of hydrogen-bond acceptors (Lipinski definition) is 4. The molecule has 5 nitrogen and oxygen atoms in total. The third-order valence-electron chi connectivity index (χ3n) is 4.55. The van der Waals surface area contributed by atoms with E-state index in [1.54, 1.807) is 4.57 Å². The number of fused-ring (bicyclic) bond motifs is 1. The second kappa shape index (κ2) is 6.79. The van der Waals surface area contributed by atoms with Crippen LogP contribution >= 0.6 is 0 Å². The standard InChI is InChI=1S/C21H17FN2O3/c1-2-18-17(22)10-15-19(25)16(11-24(14-8-9-14)20(15)23-18)21(26)27-12-13-6-4-3-5-7-13/h2-7,10-11,14H,1,8-9,12H2. The number of carbonyl (C=O) groups is 1. The number of nitrogens with zero attached hydrogens (tertiary/aromatic N) is 2. The molecule has 0 aliphatic heterocycles. The normalized spacial score (nSPS) is 13.5. The zero-order chi connectivity index (χ0) is 19.0. The van der Waals surface area contributed by atoms with Crippen molar-refractivity contribution in [1.29, 1.82) is 0 Å². The maximum atomic E-state index is 14.2. The van der Waals surface area contributed by atoms with Gasteiger partial charge in [0.1, 0.15) is 29.3 Å². The van der Waals surface area contributed by atoms with Gasteiger partial charge in [0, 0.05) is 12.2 Å². The summed E-state index contributed by atoms with van der Waals surface area (Å²) in [6.07, 6.45) is 4.61. The molecule has 2 aromatic heterocycles. The Labute approximate surface area is 154 Å². The van der Waals surface area contributed by atoms with Crippen molar-refractivity contribution in [2.75, 3.05) is 0 Å². The second-order valence-corrected chi connectivity index (χ2v) is 6.50. The second-order valence-electron chi connectivity index (χ2n) is 6.50. The van der Waals surface area contributed by atoms with E-state index in [1.165, 1.54) is 12.3 Å². The monoisotopic (exact) mass is 364 g/mol. The SMILES string of the molecule is C=Cc1nc2c(cc1F)c(=O)c(C(=O)OCc1ccccc1)cn2C1CC1. The highest BCUT2D eigenvalue weighted by atomic mass is 19.1. The van der Waals surface area contributed by atoms with E-state index in [-0.39, 0.29) is 29.3 Å². The highest BCUT2D eigenvalue weighted by molar-refractivity contribution is 5.93. The molecule has 0 radical (unpaired) electrons. The Morgan fingerprint density at radius 3 is 2.74 bits per heavy atom. The van der Waals surface area contributed by atoms with Crippen LogP contribution in [0.25, 0.3) is 17.1 Å². The van der Waals surface area contributed by atoms with Crippen molar-refractivity contribution >= 4 is 23.1 Å².